The molecule has 0 amide bonds. The van der Waals surface area contributed by atoms with Gasteiger partial charge in [-0.15, -0.1) is 0 Å². The van der Waals surface area contributed by atoms with E-state index in [4.69, 9.17) is 17.3 Å². The van der Waals surface area contributed by atoms with Crippen LogP contribution >= 0.6 is 23.4 Å². The van der Waals surface area contributed by atoms with Gasteiger partial charge in [0.25, 0.3) is 0 Å². The van der Waals surface area contributed by atoms with Crippen LogP contribution in [0, 0.1) is 0 Å². The van der Waals surface area contributed by atoms with Crippen LogP contribution in [0.15, 0.2) is 89.9 Å². The second-order valence-corrected chi connectivity index (χ2v) is 7.16. The van der Waals surface area contributed by atoms with Crippen molar-refractivity contribution in [2.24, 2.45) is 10.7 Å². The predicted molar refractivity (Wildman–Crippen MR) is 109 cm³/mol. The lowest BCUT2D eigenvalue weighted by atomic mass is 10.0. The number of thioether (sulfide) groups is 1. The fourth-order valence-corrected chi connectivity index (χ4v) is 3.60. The second kappa shape index (κ2) is 8.75. The van der Waals surface area contributed by atoms with E-state index in [-0.39, 0.29) is 5.25 Å². The van der Waals surface area contributed by atoms with E-state index in [1.807, 2.05) is 60.7 Å². The third-order valence-electron chi connectivity index (χ3n) is 3.77. The molecule has 0 aromatic heterocycles. The van der Waals surface area contributed by atoms with Crippen molar-refractivity contribution < 1.29 is 0 Å². The van der Waals surface area contributed by atoms with Gasteiger partial charge in [0.1, 0.15) is 0 Å². The van der Waals surface area contributed by atoms with Gasteiger partial charge in [-0.2, -0.15) is 0 Å². The van der Waals surface area contributed by atoms with E-state index in [1.54, 1.807) is 11.8 Å². The van der Waals surface area contributed by atoms with E-state index >= 15 is 0 Å². The first-order valence-electron chi connectivity index (χ1n) is 8.03. The van der Waals surface area contributed by atoms with Crippen molar-refractivity contribution in [3.63, 3.8) is 0 Å². The molecule has 1 atom stereocenters. The highest BCUT2D eigenvalue weighted by atomic mass is 35.5. The van der Waals surface area contributed by atoms with Gasteiger partial charge in [0.2, 0.25) is 0 Å². The molecular formula is C21H19ClN2S. The Morgan fingerprint density at radius 1 is 0.840 bits per heavy atom. The molecule has 3 rings (SSSR count). The van der Waals surface area contributed by atoms with Crippen LogP contribution < -0.4 is 5.73 Å². The molecule has 0 saturated heterocycles. The van der Waals surface area contributed by atoms with Crippen molar-refractivity contribution >= 4 is 28.5 Å². The summed E-state index contributed by atoms with van der Waals surface area (Å²) >= 11 is 7.59. The van der Waals surface area contributed by atoms with Crippen LogP contribution in [0.5, 0.6) is 0 Å². The van der Waals surface area contributed by atoms with Crippen molar-refractivity contribution in [1.82, 2.24) is 0 Å². The Hall–Kier alpha value is -2.23. The summed E-state index contributed by atoms with van der Waals surface area (Å²) < 4.78 is 0. The van der Waals surface area contributed by atoms with Crippen molar-refractivity contribution in [1.29, 1.82) is 0 Å². The summed E-state index contributed by atoms with van der Waals surface area (Å²) in [5.41, 5.74) is 9.70. The maximum absolute atomic E-state index is 6.21. The van der Waals surface area contributed by atoms with Gasteiger partial charge in [-0.05, 0) is 28.8 Å². The van der Waals surface area contributed by atoms with Gasteiger partial charge in [0.05, 0.1) is 11.8 Å². The van der Waals surface area contributed by atoms with Crippen LogP contribution in [0.1, 0.15) is 21.9 Å². The molecule has 0 radical (unpaired) electrons. The highest BCUT2D eigenvalue weighted by Crippen LogP contribution is 2.36. The molecule has 0 aliphatic heterocycles. The Morgan fingerprint density at radius 2 is 1.40 bits per heavy atom. The summed E-state index contributed by atoms with van der Waals surface area (Å²) in [6.45, 7) is 0.585. The van der Waals surface area contributed by atoms with E-state index in [2.05, 4.69) is 29.3 Å². The summed E-state index contributed by atoms with van der Waals surface area (Å²) in [5, 5.41) is 1.39. The maximum atomic E-state index is 6.21. The van der Waals surface area contributed by atoms with E-state index in [0.717, 1.165) is 16.1 Å². The number of amidine groups is 1. The van der Waals surface area contributed by atoms with Gasteiger partial charge in [-0.3, -0.25) is 4.99 Å². The average Bonchev–Trinajstić information content (AvgIpc) is 2.67. The minimum Gasteiger partial charge on any atom is -0.379 e. The van der Waals surface area contributed by atoms with Gasteiger partial charge >= 0.3 is 0 Å². The van der Waals surface area contributed by atoms with Crippen LogP contribution in [0.3, 0.4) is 0 Å². The first kappa shape index (κ1) is 17.6. The lowest BCUT2D eigenvalue weighted by Crippen LogP contribution is -2.11. The molecule has 0 fully saturated rings. The molecule has 0 spiro atoms. The van der Waals surface area contributed by atoms with Crippen LogP contribution in [0.4, 0.5) is 0 Å². The fourth-order valence-electron chi connectivity index (χ4n) is 2.50. The third kappa shape index (κ3) is 5.12. The smallest absolute Gasteiger partial charge is 0.155 e. The lowest BCUT2D eigenvalue weighted by Gasteiger charge is -2.17. The minimum atomic E-state index is 0.0815. The normalized spacial score (nSPS) is 12.8. The number of rotatable bonds is 5. The molecule has 2 N–H and O–H groups in total. The molecule has 126 valence electrons. The third-order valence-corrected chi connectivity index (χ3v) is 5.18. The summed E-state index contributed by atoms with van der Waals surface area (Å²) in [6, 6.07) is 28.3. The molecule has 0 heterocycles. The fraction of sp³-hybridized carbons (Fsp3) is 0.0952. The average molecular weight is 367 g/mol. The molecular weight excluding hydrogens is 348 g/mol. The first-order valence-corrected chi connectivity index (χ1v) is 9.29. The number of benzene rings is 3. The van der Waals surface area contributed by atoms with E-state index in [1.165, 1.54) is 5.56 Å². The van der Waals surface area contributed by atoms with Gasteiger partial charge < -0.3 is 5.73 Å². The minimum absolute atomic E-state index is 0.0815. The van der Waals surface area contributed by atoms with Crippen LogP contribution in [0.2, 0.25) is 5.02 Å². The highest BCUT2D eigenvalue weighted by molar-refractivity contribution is 8.14. The van der Waals surface area contributed by atoms with E-state index in [9.17, 15) is 0 Å². The number of nitrogens with zero attached hydrogens (tertiary/aromatic N) is 1. The zero-order chi connectivity index (χ0) is 17.5. The van der Waals surface area contributed by atoms with E-state index in [0.29, 0.717) is 11.7 Å². The number of hydrogen-bond acceptors (Lipinski definition) is 2. The summed E-state index contributed by atoms with van der Waals surface area (Å²) in [5.74, 6) is 0. The summed E-state index contributed by atoms with van der Waals surface area (Å²) in [7, 11) is 0. The largest absolute Gasteiger partial charge is 0.379 e. The van der Waals surface area contributed by atoms with Crippen LogP contribution in [-0.2, 0) is 6.54 Å². The topological polar surface area (TPSA) is 38.4 Å². The molecule has 0 aliphatic rings. The predicted octanol–water partition coefficient (Wildman–Crippen LogP) is 5.68. The number of aliphatic imine (C=N–C) groups is 1. The van der Waals surface area contributed by atoms with Crippen molar-refractivity contribution in [2.75, 3.05) is 0 Å². The molecule has 0 bridgehead atoms. The monoisotopic (exact) mass is 366 g/mol. The van der Waals surface area contributed by atoms with E-state index < -0.39 is 0 Å². The molecule has 2 nitrogen and oxygen atoms in total. The summed E-state index contributed by atoms with van der Waals surface area (Å²) in [4.78, 5) is 4.53. The second-order valence-electron chi connectivity index (χ2n) is 5.60. The van der Waals surface area contributed by atoms with Gasteiger partial charge in [-0.1, -0.05) is 96.2 Å². The molecule has 3 aromatic rings. The molecule has 0 aliphatic carbocycles. The standard InChI is InChI=1S/C21H19ClN2S/c22-19-13-11-18(12-14-19)20(17-9-5-2-6-10-17)25-21(23)24-15-16-7-3-1-4-8-16/h1-14,20H,15H2,(H2,23,24)/t20-/m0/s1. The Morgan fingerprint density at radius 3 is 2.04 bits per heavy atom. The maximum Gasteiger partial charge on any atom is 0.155 e. The highest BCUT2D eigenvalue weighted by Gasteiger charge is 2.16. The van der Waals surface area contributed by atoms with Gasteiger partial charge in [0, 0.05) is 5.02 Å². The Kier molecular flexibility index (Phi) is 6.15. The van der Waals surface area contributed by atoms with Crippen molar-refractivity contribution in [3.05, 3.63) is 107 Å². The molecule has 3 aromatic carbocycles. The quantitative estimate of drug-likeness (QED) is 0.466. The molecule has 4 heteroatoms. The zero-order valence-corrected chi connectivity index (χ0v) is 15.3. The Labute approximate surface area is 157 Å². The molecule has 0 unspecified atom stereocenters. The Bertz CT molecular complexity index is 818. The first-order chi connectivity index (χ1) is 12.2. The van der Waals surface area contributed by atoms with Crippen LogP contribution in [0.25, 0.3) is 0 Å². The summed E-state index contributed by atoms with van der Waals surface area (Å²) in [6.07, 6.45) is 0. The van der Waals surface area contributed by atoms with Crippen molar-refractivity contribution in [3.8, 4) is 0 Å². The zero-order valence-electron chi connectivity index (χ0n) is 13.7. The van der Waals surface area contributed by atoms with Gasteiger partial charge in [0.15, 0.2) is 5.17 Å². The number of halogens is 1. The molecule has 0 saturated carbocycles. The lowest BCUT2D eigenvalue weighted by molar-refractivity contribution is 1.07. The SMILES string of the molecule is NC(=NCc1ccccc1)S[C@@H](c1ccccc1)c1ccc(Cl)cc1. The van der Waals surface area contributed by atoms with Crippen LogP contribution in [-0.4, -0.2) is 5.17 Å². The Balaban J connectivity index is 1.81. The van der Waals surface area contributed by atoms with Gasteiger partial charge in [-0.25, -0.2) is 0 Å². The van der Waals surface area contributed by atoms with Crippen molar-refractivity contribution in [2.45, 2.75) is 11.8 Å². The number of hydrogen-bond donors (Lipinski definition) is 1. The molecule has 25 heavy (non-hydrogen) atoms. The number of nitrogens with two attached hydrogens (primary N) is 1.